The minimum atomic E-state index is -0.543. The number of benzene rings is 2. The molecule has 1 aliphatic rings. The lowest BCUT2D eigenvalue weighted by Crippen LogP contribution is -2.31. The van der Waals surface area contributed by atoms with Crippen LogP contribution in [0.25, 0.3) is 0 Å². The molecule has 0 radical (unpaired) electrons. The molecule has 0 fully saturated rings. The van der Waals surface area contributed by atoms with Crippen molar-refractivity contribution >= 4 is 40.7 Å². The molecule has 0 saturated carbocycles. The number of rotatable bonds is 6. The summed E-state index contributed by atoms with van der Waals surface area (Å²) in [5, 5.41) is 2.74. The highest BCUT2D eigenvalue weighted by Crippen LogP contribution is 2.32. The van der Waals surface area contributed by atoms with Gasteiger partial charge in [-0.25, -0.2) is 4.90 Å². The normalized spacial score (nSPS) is 14.0. The van der Waals surface area contributed by atoms with Crippen LogP contribution in [0.2, 0.25) is 0 Å². The highest BCUT2D eigenvalue weighted by Gasteiger charge is 2.38. The summed E-state index contributed by atoms with van der Waals surface area (Å²) < 4.78 is 5.23. The van der Waals surface area contributed by atoms with Gasteiger partial charge in [-0.3, -0.25) is 14.4 Å². The van der Waals surface area contributed by atoms with E-state index in [0.717, 1.165) is 4.90 Å². The number of ether oxygens (including phenoxy) is 1. The van der Waals surface area contributed by atoms with Crippen LogP contribution in [-0.4, -0.2) is 24.8 Å². The Hall–Kier alpha value is -3.12. The van der Waals surface area contributed by atoms with Crippen molar-refractivity contribution in [1.82, 2.24) is 0 Å². The first-order valence-electron chi connectivity index (χ1n) is 9.15. The molecule has 7 heteroatoms. The highest BCUT2D eigenvalue weighted by atomic mass is 35.5. The van der Waals surface area contributed by atoms with Crippen LogP contribution in [0.4, 0.5) is 11.4 Å². The topological polar surface area (TPSA) is 75.7 Å². The molecule has 6 nitrogen and oxygen atoms in total. The quantitative estimate of drug-likeness (QED) is 0.715. The molecule has 1 heterocycles. The van der Waals surface area contributed by atoms with E-state index in [1.807, 2.05) is 13.8 Å². The van der Waals surface area contributed by atoms with Gasteiger partial charge in [0.1, 0.15) is 10.8 Å². The summed E-state index contributed by atoms with van der Waals surface area (Å²) in [6, 6.07) is 13.3. The van der Waals surface area contributed by atoms with Crippen LogP contribution in [0, 0.1) is 5.92 Å². The first-order chi connectivity index (χ1) is 13.8. The number of anilines is 2. The Morgan fingerprint density at radius 1 is 1.07 bits per heavy atom. The van der Waals surface area contributed by atoms with Crippen molar-refractivity contribution in [2.24, 2.45) is 5.92 Å². The van der Waals surface area contributed by atoms with E-state index < -0.39 is 11.8 Å². The molecule has 1 aliphatic heterocycles. The summed E-state index contributed by atoms with van der Waals surface area (Å²) in [5.41, 5.74) is 1.61. The fourth-order valence-corrected chi connectivity index (χ4v) is 3.31. The van der Waals surface area contributed by atoms with Crippen molar-refractivity contribution in [3.05, 3.63) is 64.7 Å². The molecular weight excluding hydrogens is 392 g/mol. The van der Waals surface area contributed by atoms with Crippen LogP contribution < -0.4 is 15.0 Å². The number of nitrogens with zero attached hydrogens (tertiary/aromatic N) is 1. The van der Waals surface area contributed by atoms with E-state index in [-0.39, 0.29) is 16.9 Å². The van der Waals surface area contributed by atoms with Gasteiger partial charge >= 0.3 is 0 Å². The van der Waals surface area contributed by atoms with E-state index in [2.05, 4.69) is 5.32 Å². The molecule has 0 aromatic heterocycles. The number of amides is 3. The number of carbonyl (C=O) groups excluding carboxylic acids is 3. The van der Waals surface area contributed by atoms with Gasteiger partial charge in [-0.05, 0) is 48.7 Å². The van der Waals surface area contributed by atoms with Crippen molar-refractivity contribution in [2.75, 3.05) is 17.3 Å². The van der Waals surface area contributed by atoms with Gasteiger partial charge in [-0.1, -0.05) is 37.6 Å². The van der Waals surface area contributed by atoms with Crippen LogP contribution in [0.15, 0.2) is 59.1 Å². The Morgan fingerprint density at radius 2 is 1.72 bits per heavy atom. The second kappa shape index (κ2) is 8.49. The molecule has 0 unspecified atom stereocenters. The summed E-state index contributed by atoms with van der Waals surface area (Å²) in [6.45, 7) is 3.90. The molecule has 0 saturated heterocycles. The molecule has 2 aromatic carbocycles. The van der Waals surface area contributed by atoms with Crippen LogP contribution in [0.1, 0.15) is 30.6 Å². The average Bonchev–Trinajstić information content (AvgIpc) is 2.91. The van der Waals surface area contributed by atoms with Crippen molar-refractivity contribution in [3.63, 3.8) is 0 Å². The summed E-state index contributed by atoms with van der Waals surface area (Å²) >= 11 is 6.10. The number of imide groups is 1. The number of halogens is 1. The Morgan fingerprint density at radius 3 is 2.34 bits per heavy atom. The first-order valence-corrected chi connectivity index (χ1v) is 9.53. The Balaban J connectivity index is 1.78. The molecule has 0 atom stereocenters. The Kier molecular flexibility index (Phi) is 6.03. The summed E-state index contributed by atoms with van der Waals surface area (Å²) in [7, 11) is 1.52. The molecule has 29 heavy (non-hydrogen) atoms. The van der Waals surface area contributed by atoms with Gasteiger partial charge in [0.25, 0.3) is 17.7 Å². The number of nitrogens with one attached hydrogen (secondary N) is 1. The minimum Gasteiger partial charge on any atom is -0.495 e. The Bertz CT molecular complexity index is 996. The molecule has 150 valence electrons. The molecule has 0 aliphatic carbocycles. The van der Waals surface area contributed by atoms with Gasteiger partial charge in [0, 0.05) is 11.1 Å². The number of hydrogen-bond donors (Lipinski definition) is 1. The van der Waals surface area contributed by atoms with Crippen LogP contribution >= 0.6 is 11.6 Å². The zero-order chi connectivity index (χ0) is 21.1. The summed E-state index contributed by atoms with van der Waals surface area (Å²) in [4.78, 5) is 38.7. The SMILES string of the molecule is COc1ccccc1NC(=O)c1ccc(N2C(=O)C(Cl)=C(CC(C)C)C2=O)cc1. The maximum atomic E-state index is 12.7. The summed E-state index contributed by atoms with van der Waals surface area (Å²) in [6.07, 6.45) is 0.430. The maximum Gasteiger partial charge on any atom is 0.277 e. The average molecular weight is 413 g/mol. The van der Waals surface area contributed by atoms with Gasteiger partial charge in [0.05, 0.1) is 18.5 Å². The molecule has 0 bridgehead atoms. The molecule has 3 rings (SSSR count). The van der Waals surface area contributed by atoms with Crippen LogP contribution in [0.3, 0.4) is 0 Å². The third-order valence-corrected chi connectivity index (χ3v) is 4.86. The third kappa shape index (κ3) is 4.17. The largest absolute Gasteiger partial charge is 0.495 e. The number of para-hydroxylation sites is 2. The Labute approximate surface area is 174 Å². The van der Waals surface area contributed by atoms with E-state index in [1.54, 1.807) is 48.5 Å². The number of carbonyl (C=O) groups is 3. The van der Waals surface area contributed by atoms with Crippen molar-refractivity contribution in [1.29, 1.82) is 0 Å². The molecule has 3 amide bonds. The lowest BCUT2D eigenvalue weighted by Gasteiger charge is -2.16. The minimum absolute atomic E-state index is 0.0401. The first kappa shape index (κ1) is 20.6. The molecule has 2 aromatic rings. The van der Waals surface area contributed by atoms with Crippen molar-refractivity contribution < 1.29 is 19.1 Å². The maximum absolute atomic E-state index is 12.7. The van der Waals surface area contributed by atoms with Gasteiger partial charge < -0.3 is 10.1 Å². The predicted octanol–water partition coefficient (Wildman–Crippen LogP) is 4.36. The predicted molar refractivity (Wildman–Crippen MR) is 112 cm³/mol. The van der Waals surface area contributed by atoms with Gasteiger partial charge in [0.15, 0.2) is 0 Å². The lowest BCUT2D eigenvalue weighted by molar-refractivity contribution is -0.120. The van der Waals surface area contributed by atoms with E-state index in [1.165, 1.54) is 7.11 Å². The lowest BCUT2D eigenvalue weighted by atomic mass is 10.0. The number of methoxy groups -OCH3 is 1. The van der Waals surface area contributed by atoms with Crippen LogP contribution in [0.5, 0.6) is 5.75 Å². The van der Waals surface area contributed by atoms with E-state index in [9.17, 15) is 14.4 Å². The van der Waals surface area contributed by atoms with E-state index in [4.69, 9.17) is 16.3 Å². The monoisotopic (exact) mass is 412 g/mol. The molecule has 1 N–H and O–H groups in total. The van der Waals surface area contributed by atoms with Gasteiger partial charge in [-0.15, -0.1) is 0 Å². The fraction of sp³-hybridized carbons (Fsp3) is 0.227. The second-order valence-corrected chi connectivity index (χ2v) is 7.42. The fourth-order valence-electron chi connectivity index (χ4n) is 3.07. The van der Waals surface area contributed by atoms with E-state index in [0.29, 0.717) is 34.7 Å². The second-order valence-electron chi connectivity index (χ2n) is 7.04. The summed E-state index contributed by atoms with van der Waals surface area (Å²) in [5.74, 6) is -0.559. The van der Waals surface area contributed by atoms with Gasteiger partial charge in [-0.2, -0.15) is 0 Å². The zero-order valence-electron chi connectivity index (χ0n) is 16.4. The van der Waals surface area contributed by atoms with Crippen molar-refractivity contribution in [2.45, 2.75) is 20.3 Å². The van der Waals surface area contributed by atoms with Gasteiger partial charge in [0.2, 0.25) is 0 Å². The zero-order valence-corrected chi connectivity index (χ0v) is 17.1. The standard InChI is InChI=1S/C22H21ClN2O4/c1-13(2)12-16-19(23)22(28)25(21(16)27)15-10-8-14(9-11-15)20(26)24-17-6-4-5-7-18(17)29-3/h4-11,13H,12H2,1-3H3,(H,24,26). The smallest absolute Gasteiger partial charge is 0.277 e. The highest BCUT2D eigenvalue weighted by molar-refractivity contribution is 6.52. The molecule has 0 spiro atoms. The third-order valence-electron chi connectivity index (χ3n) is 4.47. The number of hydrogen-bond acceptors (Lipinski definition) is 4. The van der Waals surface area contributed by atoms with Crippen LogP contribution in [-0.2, 0) is 9.59 Å². The van der Waals surface area contributed by atoms with Crippen molar-refractivity contribution in [3.8, 4) is 5.75 Å². The van der Waals surface area contributed by atoms with E-state index >= 15 is 0 Å². The molecular formula is C22H21ClN2O4.